The molecule has 0 saturated heterocycles. The molecule has 1 aromatic rings. The van der Waals surface area contributed by atoms with E-state index in [9.17, 15) is 18.8 Å². The number of unbranched alkanes of at least 4 members (excludes halogenated alkanes) is 5. The Bertz CT molecular complexity index is 696. The number of aliphatic carboxylic acids is 2. The van der Waals surface area contributed by atoms with Gasteiger partial charge in [0.2, 0.25) is 5.91 Å². The normalized spacial score (nSPS) is 10.6. The zero-order chi connectivity index (χ0) is 21.6. The van der Waals surface area contributed by atoms with Crippen LogP contribution in [0, 0.1) is 12.7 Å². The summed E-state index contributed by atoms with van der Waals surface area (Å²) in [6, 6.07) is 1.19. The van der Waals surface area contributed by atoms with Crippen molar-refractivity contribution in [2.75, 3.05) is 11.9 Å². The van der Waals surface area contributed by atoms with E-state index in [1.807, 2.05) is 0 Å². The van der Waals surface area contributed by atoms with Crippen LogP contribution in [0.4, 0.5) is 10.2 Å². The highest BCUT2D eigenvalue weighted by atomic mass is 19.1. The number of amides is 1. The van der Waals surface area contributed by atoms with Gasteiger partial charge in [-0.2, -0.15) is 0 Å². The van der Waals surface area contributed by atoms with Gasteiger partial charge >= 0.3 is 11.9 Å². The first-order valence-corrected chi connectivity index (χ1v) is 9.83. The SMILES string of the molecule is Cc1cc(F)c(OCCCC(=O)O)c(NC(=O)CCCCCCCCC(=O)O)n1. The number of carboxylic acid groups (broad SMARTS) is 2. The summed E-state index contributed by atoms with van der Waals surface area (Å²) >= 11 is 0. The third kappa shape index (κ3) is 11.0. The second kappa shape index (κ2) is 13.5. The lowest BCUT2D eigenvalue weighted by atomic mass is 10.1. The van der Waals surface area contributed by atoms with Crippen molar-refractivity contribution in [3.63, 3.8) is 0 Å². The van der Waals surface area contributed by atoms with Crippen LogP contribution in [0.5, 0.6) is 5.75 Å². The fraction of sp³-hybridized carbons (Fsp3) is 0.600. The monoisotopic (exact) mass is 412 g/mol. The van der Waals surface area contributed by atoms with Gasteiger partial charge in [-0.3, -0.25) is 14.4 Å². The van der Waals surface area contributed by atoms with E-state index in [1.54, 1.807) is 6.92 Å². The molecule has 1 heterocycles. The minimum atomic E-state index is -0.966. The van der Waals surface area contributed by atoms with Gasteiger partial charge in [0.25, 0.3) is 0 Å². The van der Waals surface area contributed by atoms with Crippen molar-refractivity contribution < 1.29 is 33.7 Å². The Kier molecular flexibility index (Phi) is 11.3. The van der Waals surface area contributed by atoms with Gasteiger partial charge in [-0.05, 0) is 32.3 Å². The summed E-state index contributed by atoms with van der Waals surface area (Å²) in [4.78, 5) is 37.2. The highest BCUT2D eigenvalue weighted by Crippen LogP contribution is 2.27. The van der Waals surface area contributed by atoms with E-state index in [-0.39, 0.29) is 49.8 Å². The molecule has 0 aliphatic heterocycles. The van der Waals surface area contributed by atoms with Crippen LogP contribution in [0.15, 0.2) is 6.07 Å². The van der Waals surface area contributed by atoms with Crippen molar-refractivity contribution in [1.82, 2.24) is 4.98 Å². The summed E-state index contributed by atoms with van der Waals surface area (Å²) in [5.41, 5.74) is 0.386. The standard InChI is InChI=1S/C20H29FN2O6/c1-14-13-15(21)19(29-12-8-11-18(27)28)20(22-14)23-16(24)9-6-4-2-3-5-7-10-17(25)26/h13H,2-12H2,1H3,(H,25,26)(H,27,28)(H,22,23,24). The first-order valence-electron chi connectivity index (χ1n) is 9.83. The molecule has 0 spiro atoms. The summed E-state index contributed by atoms with van der Waals surface area (Å²) in [5, 5.41) is 19.8. The van der Waals surface area contributed by atoms with Crippen LogP contribution in [-0.2, 0) is 14.4 Å². The third-order valence-corrected chi connectivity index (χ3v) is 4.14. The average molecular weight is 412 g/mol. The number of aryl methyl sites for hydroxylation is 1. The number of hydrogen-bond donors (Lipinski definition) is 3. The number of carboxylic acids is 2. The van der Waals surface area contributed by atoms with Crippen LogP contribution in [-0.4, -0.2) is 39.6 Å². The van der Waals surface area contributed by atoms with Crippen molar-refractivity contribution in [2.45, 2.75) is 71.1 Å². The first-order chi connectivity index (χ1) is 13.8. The van der Waals surface area contributed by atoms with E-state index in [4.69, 9.17) is 14.9 Å². The van der Waals surface area contributed by atoms with E-state index < -0.39 is 17.8 Å². The van der Waals surface area contributed by atoms with Crippen LogP contribution in [0.3, 0.4) is 0 Å². The number of halogens is 1. The maximum absolute atomic E-state index is 14.2. The molecule has 0 atom stereocenters. The van der Waals surface area contributed by atoms with Gasteiger partial charge < -0.3 is 20.3 Å². The molecule has 0 aromatic carbocycles. The molecular weight excluding hydrogens is 383 g/mol. The molecule has 1 aromatic heterocycles. The Morgan fingerprint density at radius 1 is 0.966 bits per heavy atom. The lowest BCUT2D eigenvalue weighted by Gasteiger charge is -2.13. The number of nitrogens with zero attached hydrogens (tertiary/aromatic N) is 1. The third-order valence-electron chi connectivity index (χ3n) is 4.14. The average Bonchev–Trinajstić information content (AvgIpc) is 2.62. The van der Waals surface area contributed by atoms with Gasteiger partial charge in [0.1, 0.15) is 0 Å². The van der Waals surface area contributed by atoms with Crippen LogP contribution in [0.25, 0.3) is 0 Å². The number of carbonyl (C=O) groups excluding carboxylic acids is 1. The van der Waals surface area contributed by atoms with E-state index in [0.29, 0.717) is 18.5 Å². The number of pyridine rings is 1. The fourth-order valence-corrected chi connectivity index (χ4v) is 2.70. The number of aromatic nitrogens is 1. The molecule has 0 fully saturated rings. The summed E-state index contributed by atoms with van der Waals surface area (Å²) < 4.78 is 19.5. The van der Waals surface area contributed by atoms with Crippen molar-refractivity contribution in [3.8, 4) is 5.75 Å². The predicted molar refractivity (Wildman–Crippen MR) is 104 cm³/mol. The minimum absolute atomic E-state index is 0.00128. The molecule has 0 bridgehead atoms. The summed E-state index contributed by atoms with van der Waals surface area (Å²) in [5.74, 6) is -2.91. The number of rotatable bonds is 15. The Labute approximate surface area is 169 Å². The fourth-order valence-electron chi connectivity index (χ4n) is 2.70. The van der Waals surface area contributed by atoms with Crippen molar-refractivity contribution >= 4 is 23.7 Å². The Balaban J connectivity index is 2.41. The van der Waals surface area contributed by atoms with Crippen molar-refractivity contribution in [3.05, 3.63) is 17.6 Å². The highest BCUT2D eigenvalue weighted by molar-refractivity contribution is 5.91. The van der Waals surface area contributed by atoms with Gasteiger partial charge in [0.05, 0.1) is 6.61 Å². The molecule has 0 unspecified atom stereocenters. The molecule has 1 amide bonds. The highest BCUT2D eigenvalue weighted by Gasteiger charge is 2.16. The molecule has 0 radical (unpaired) electrons. The number of ether oxygens (including phenoxy) is 1. The molecule has 9 heteroatoms. The van der Waals surface area contributed by atoms with E-state index in [1.165, 1.54) is 6.07 Å². The largest absolute Gasteiger partial charge is 0.487 e. The number of anilines is 1. The summed E-state index contributed by atoms with van der Waals surface area (Å²) in [6.07, 6.45) is 5.41. The number of carbonyl (C=O) groups is 3. The zero-order valence-electron chi connectivity index (χ0n) is 16.7. The molecule has 29 heavy (non-hydrogen) atoms. The molecule has 8 nitrogen and oxygen atoms in total. The van der Waals surface area contributed by atoms with Gasteiger partial charge in [-0.1, -0.05) is 25.7 Å². The molecule has 3 N–H and O–H groups in total. The Morgan fingerprint density at radius 2 is 1.52 bits per heavy atom. The van der Waals surface area contributed by atoms with Gasteiger partial charge in [0, 0.05) is 25.0 Å². The van der Waals surface area contributed by atoms with Crippen molar-refractivity contribution in [2.24, 2.45) is 0 Å². The minimum Gasteiger partial charge on any atom is -0.487 e. The maximum Gasteiger partial charge on any atom is 0.303 e. The predicted octanol–water partition coefficient (Wildman–Crippen LogP) is 3.92. The summed E-state index contributed by atoms with van der Waals surface area (Å²) in [6.45, 7) is 1.59. The number of hydrogen-bond acceptors (Lipinski definition) is 5. The van der Waals surface area contributed by atoms with Crippen molar-refractivity contribution in [1.29, 1.82) is 0 Å². The Morgan fingerprint density at radius 3 is 2.14 bits per heavy atom. The van der Waals surface area contributed by atoms with Crippen LogP contribution in [0.2, 0.25) is 0 Å². The molecule has 0 saturated carbocycles. The smallest absolute Gasteiger partial charge is 0.303 e. The first kappa shape index (κ1) is 24.3. The maximum atomic E-state index is 14.2. The van der Waals surface area contributed by atoms with E-state index >= 15 is 0 Å². The molecular formula is C20H29FN2O6. The van der Waals surface area contributed by atoms with Gasteiger partial charge in [-0.25, -0.2) is 9.37 Å². The van der Waals surface area contributed by atoms with E-state index in [2.05, 4.69) is 10.3 Å². The second-order valence-corrected chi connectivity index (χ2v) is 6.83. The molecule has 0 aliphatic rings. The van der Waals surface area contributed by atoms with E-state index in [0.717, 1.165) is 25.7 Å². The van der Waals surface area contributed by atoms with Crippen LogP contribution >= 0.6 is 0 Å². The lowest BCUT2D eigenvalue weighted by Crippen LogP contribution is -2.15. The molecule has 162 valence electrons. The lowest BCUT2D eigenvalue weighted by molar-refractivity contribution is -0.138. The second-order valence-electron chi connectivity index (χ2n) is 6.83. The number of nitrogens with one attached hydrogen (secondary N) is 1. The molecule has 1 rings (SSSR count). The zero-order valence-corrected chi connectivity index (χ0v) is 16.7. The quantitative estimate of drug-likeness (QED) is 0.373. The molecule has 0 aliphatic carbocycles. The van der Waals surface area contributed by atoms with Crippen LogP contribution in [0.1, 0.15) is 69.9 Å². The van der Waals surface area contributed by atoms with Crippen LogP contribution < -0.4 is 10.1 Å². The topological polar surface area (TPSA) is 126 Å². The van der Waals surface area contributed by atoms with Gasteiger partial charge in [0.15, 0.2) is 17.4 Å². The Hall–Kier alpha value is -2.71. The van der Waals surface area contributed by atoms with Gasteiger partial charge in [-0.15, -0.1) is 0 Å². The summed E-state index contributed by atoms with van der Waals surface area (Å²) in [7, 11) is 0.